The highest BCUT2D eigenvalue weighted by atomic mass is 16.3. The quantitative estimate of drug-likeness (QED) is 0.510. The van der Waals surface area contributed by atoms with Gasteiger partial charge in [-0.15, -0.1) is 0 Å². The first kappa shape index (κ1) is 25.6. The molecule has 1 saturated heterocycles. The van der Waals surface area contributed by atoms with Crippen molar-refractivity contribution < 1.29 is 9.90 Å². The number of rotatable bonds is 4. The van der Waals surface area contributed by atoms with Crippen molar-refractivity contribution in [1.29, 1.82) is 0 Å². The normalized spacial score (nSPS) is 40.8. The van der Waals surface area contributed by atoms with Crippen LogP contribution in [0, 0.1) is 40.4 Å². The molecule has 8 atom stereocenters. The number of amides is 1. The van der Waals surface area contributed by atoms with Gasteiger partial charge in [-0.2, -0.15) is 0 Å². The average Bonchev–Trinajstić information content (AvgIpc) is 3.27. The molecule has 0 aromatic heterocycles. The zero-order valence-corrected chi connectivity index (χ0v) is 23.4. The molecular formula is C33H48N2O2. The molecule has 1 amide bonds. The molecule has 1 aromatic carbocycles. The van der Waals surface area contributed by atoms with Crippen LogP contribution in [0.4, 0.5) is 0 Å². The summed E-state index contributed by atoms with van der Waals surface area (Å²) in [4.78, 5) is 17.5. The molecule has 5 aliphatic rings. The molecule has 4 fully saturated rings. The van der Waals surface area contributed by atoms with Crippen LogP contribution in [0.3, 0.4) is 0 Å². The van der Waals surface area contributed by atoms with Crippen molar-refractivity contribution in [2.45, 2.75) is 78.2 Å². The predicted octanol–water partition coefficient (Wildman–Crippen LogP) is 6.02. The molecule has 1 unspecified atom stereocenters. The van der Waals surface area contributed by atoms with Gasteiger partial charge in [0.15, 0.2) is 0 Å². The molecule has 0 bridgehead atoms. The Bertz CT molecular complexity index is 1010. The molecule has 1 aromatic rings. The van der Waals surface area contributed by atoms with Crippen molar-refractivity contribution >= 4 is 5.91 Å². The number of hydrogen-bond acceptors (Lipinski definition) is 3. The average molecular weight is 505 g/mol. The third kappa shape index (κ3) is 4.40. The summed E-state index contributed by atoms with van der Waals surface area (Å²) in [6.07, 6.45) is 12.4. The summed E-state index contributed by atoms with van der Waals surface area (Å²) in [6.45, 7) is 12.6. The second-order valence-corrected chi connectivity index (χ2v) is 13.8. The molecule has 1 heterocycles. The van der Waals surface area contributed by atoms with E-state index in [0.717, 1.165) is 68.3 Å². The summed E-state index contributed by atoms with van der Waals surface area (Å²) >= 11 is 0. The number of piperazine rings is 1. The molecule has 0 spiro atoms. The van der Waals surface area contributed by atoms with Gasteiger partial charge in [0, 0.05) is 38.3 Å². The summed E-state index contributed by atoms with van der Waals surface area (Å²) in [6, 6.07) is 9.75. The minimum Gasteiger partial charge on any atom is -0.393 e. The highest BCUT2D eigenvalue weighted by Gasteiger charge is 2.59. The van der Waals surface area contributed by atoms with Crippen LogP contribution in [0.25, 0.3) is 0 Å². The minimum absolute atomic E-state index is 0.111. The van der Waals surface area contributed by atoms with Crippen LogP contribution in [0.1, 0.15) is 82.5 Å². The Balaban J connectivity index is 1.08. The number of fused-ring (bicyclic) bond motifs is 5. The van der Waals surface area contributed by atoms with Gasteiger partial charge in [-0.3, -0.25) is 9.69 Å². The predicted molar refractivity (Wildman–Crippen MR) is 149 cm³/mol. The standard InChI is InChI=1S/C33H48N2O2/c1-23(22-34-17-19-35(20-18-34)31(37)24-7-5-4-6-8-24)28-11-12-29-27-10-9-25-21-26(36)13-15-32(25,2)30(27)14-16-33(28,29)3/h4-9,23,26-30,36H,10-22H2,1-3H3/t23-,26?,27+,28-,29+,30+,32+,33-/m1/s1. The maximum atomic E-state index is 12.9. The van der Waals surface area contributed by atoms with Crippen LogP contribution in [0.15, 0.2) is 42.0 Å². The minimum atomic E-state index is -0.111. The molecule has 1 N–H and O–H groups in total. The fourth-order valence-electron chi connectivity index (χ4n) is 10.0. The summed E-state index contributed by atoms with van der Waals surface area (Å²) in [5.41, 5.74) is 3.21. The van der Waals surface area contributed by atoms with E-state index in [1.165, 1.54) is 45.1 Å². The molecule has 4 nitrogen and oxygen atoms in total. The Morgan fingerprint density at radius 3 is 2.51 bits per heavy atom. The Kier molecular flexibility index (Phi) is 6.80. The molecule has 4 heteroatoms. The van der Waals surface area contributed by atoms with Gasteiger partial charge in [-0.25, -0.2) is 0 Å². The highest BCUT2D eigenvalue weighted by Crippen LogP contribution is 2.67. The smallest absolute Gasteiger partial charge is 0.253 e. The van der Waals surface area contributed by atoms with Gasteiger partial charge in [0.25, 0.3) is 5.91 Å². The third-order valence-electron chi connectivity index (χ3n) is 12.1. The number of aliphatic hydroxyl groups excluding tert-OH is 1. The van der Waals surface area contributed by atoms with Gasteiger partial charge in [0.2, 0.25) is 0 Å². The van der Waals surface area contributed by atoms with Crippen LogP contribution in [-0.2, 0) is 0 Å². The van der Waals surface area contributed by atoms with E-state index in [4.69, 9.17) is 0 Å². The van der Waals surface area contributed by atoms with E-state index in [-0.39, 0.29) is 12.0 Å². The number of carbonyl (C=O) groups is 1. The van der Waals surface area contributed by atoms with Crippen molar-refractivity contribution in [3.63, 3.8) is 0 Å². The second kappa shape index (κ2) is 9.83. The largest absolute Gasteiger partial charge is 0.393 e. The fourth-order valence-corrected chi connectivity index (χ4v) is 10.0. The maximum Gasteiger partial charge on any atom is 0.253 e. The molecule has 0 radical (unpaired) electrons. The van der Waals surface area contributed by atoms with Crippen LogP contribution in [0.5, 0.6) is 0 Å². The number of benzene rings is 1. The van der Waals surface area contributed by atoms with Crippen molar-refractivity contribution in [3.8, 4) is 0 Å². The van der Waals surface area contributed by atoms with Gasteiger partial charge in [0.05, 0.1) is 6.10 Å². The number of nitrogens with zero attached hydrogens (tertiary/aromatic N) is 2. The summed E-state index contributed by atoms with van der Waals surface area (Å²) in [5, 5.41) is 10.3. The van der Waals surface area contributed by atoms with Crippen molar-refractivity contribution in [1.82, 2.24) is 9.80 Å². The first-order chi connectivity index (χ1) is 17.8. The summed E-state index contributed by atoms with van der Waals surface area (Å²) < 4.78 is 0. The summed E-state index contributed by atoms with van der Waals surface area (Å²) in [5.74, 6) is 4.23. The van der Waals surface area contributed by atoms with Crippen LogP contribution in [0.2, 0.25) is 0 Å². The van der Waals surface area contributed by atoms with E-state index in [1.807, 2.05) is 35.2 Å². The lowest BCUT2D eigenvalue weighted by Crippen LogP contribution is -2.52. The lowest BCUT2D eigenvalue weighted by Gasteiger charge is -2.58. The van der Waals surface area contributed by atoms with Gasteiger partial charge in [-0.1, -0.05) is 50.6 Å². The van der Waals surface area contributed by atoms with Crippen molar-refractivity contribution in [2.24, 2.45) is 40.4 Å². The zero-order valence-electron chi connectivity index (χ0n) is 23.4. The SMILES string of the molecule is C[C@H](CN1CCN(C(=O)c2ccccc2)CC1)[C@H]1CC[C@H]2[C@@H]3CC=C4CC(O)CC[C@]4(C)[C@H]3CC[C@]12C. The molecule has 3 saturated carbocycles. The maximum absolute atomic E-state index is 12.9. The van der Waals surface area contributed by atoms with Crippen molar-refractivity contribution in [3.05, 3.63) is 47.5 Å². The van der Waals surface area contributed by atoms with Crippen molar-refractivity contribution in [2.75, 3.05) is 32.7 Å². The monoisotopic (exact) mass is 504 g/mol. The van der Waals surface area contributed by atoms with E-state index < -0.39 is 0 Å². The van der Waals surface area contributed by atoms with Crippen LogP contribution in [-0.4, -0.2) is 59.6 Å². The lowest BCUT2D eigenvalue weighted by molar-refractivity contribution is -0.0590. The molecule has 4 aliphatic carbocycles. The van der Waals surface area contributed by atoms with E-state index in [2.05, 4.69) is 31.7 Å². The lowest BCUT2D eigenvalue weighted by atomic mass is 9.47. The van der Waals surface area contributed by atoms with E-state index in [1.54, 1.807) is 5.57 Å². The van der Waals surface area contributed by atoms with E-state index in [9.17, 15) is 9.90 Å². The van der Waals surface area contributed by atoms with Gasteiger partial charge in [-0.05, 0) is 104 Å². The molecule has 6 rings (SSSR count). The second-order valence-electron chi connectivity index (χ2n) is 13.8. The zero-order chi connectivity index (χ0) is 25.8. The fraction of sp³-hybridized carbons (Fsp3) is 0.727. The Labute approximate surface area is 224 Å². The molecule has 37 heavy (non-hydrogen) atoms. The van der Waals surface area contributed by atoms with Gasteiger partial charge >= 0.3 is 0 Å². The number of aliphatic hydroxyl groups is 1. The summed E-state index contributed by atoms with van der Waals surface area (Å²) in [7, 11) is 0. The topological polar surface area (TPSA) is 43.8 Å². The van der Waals surface area contributed by atoms with Crippen LogP contribution < -0.4 is 0 Å². The number of carbonyl (C=O) groups excluding carboxylic acids is 1. The molecular weight excluding hydrogens is 456 g/mol. The highest BCUT2D eigenvalue weighted by molar-refractivity contribution is 5.94. The van der Waals surface area contributed by atoms with Gasteiger partial charge < -0.3 is 10.0 Å². The Hall–Kier alpha value is -1.65. The Morgan fingerprint density at radius 2 is 1.76 bits per heavy atom. The van der Waals surface area contributed by atoms with Gasteiger partial charge in [0.1, 0.15) is 0 Å². The first-order valence-electron chi connectivity index (χ1n) is 15.2. The molecule has 202 valence electrons. The van der Waals surface area contributed by atoms with E-state index >= 15 is 0 Å². The van der Waals surface area contributed by atoms with Crippen LogP contribution >= 0.6 is 0 Å². The molecule has 1 aliphatic heterocycles. The number of allylic oxidation sites excluding steroid dienone is 1. The Morgan fingerprint density at radius 1 is 1.00 bits per heavy atom. The third-order valence-corrected chi connectivity index (χ3v) is 12.1. The van der Waals surface area contributed by atoms with E-state index in [0.29, 0.717) is 16.7 Å². The first-order valence-corrected chi connectivity index (χ1v) is 15.2. The number of hydrogen-bond donors (Lipinski definition) is 1.